The number of carbonyl (C=O) groups is 2. The van der Waals surface area contributed by atoms with Gasteiger partial charge in [-0.15, -0.1) is 0 Å². The summed E-state index contributed by atoms with van der Waals surface area (Å²) in [6.45, 7) is 6.65. The van der Waals surface area contributed by atoms with E-state index < -0.39 is 5.97 Å². The third-order valence-corrected chi connectivity index (χ3v) is 4.65. The highest BCUT2D eigenvalue weighted by Crippen LogP contribution is 2.20. The Balaban J connectivity index is 2.19. The third-order valence-electron chi connectivity index (χ3n) is 4.65. The zero-order valence-corrected chi connectivity index (χ0v) is 13.4. The average molecular weight is 298 g/mol. The summed E-state index contributed by atoms with van der Waals surface area (Å²) in [4.78, 5) is 24.5. The number of carboxylic acids is 1. The number of urea groups is 1. The number of nitrogens with one attached hydrogen (secondary N) is 1. The Kier molecular flexibility index (Phi) is 8.16. The number of aliphatic carboxylic acids is 1. The summed E-state index contributed by atoms with van der Waals surface area (Å²) >= 11 is 0. The van der Waals surface area contributed by atoms with Crippen LogP contribution in [0.15, 0.2) is 0 Å². The van der Waals surface area contributed by atoms with E-state index in [1.54, 1.807) is 0 Å². The van der Waals surface area contributed by atoms with Crippen LogP contribution in [0.25, 0.3) is 0 Å². The Hall–Kier alpha value is -1.26. The summed E-state index contributed by atoms with van der Waals surface area (Å²) in [7, 11) is 0. The van der Waals surface area contributed by atoms with Gasteiger partial charge in [0.1, 0.15) is 0 Å². The van der Waals surface area contributed by atoms with Crippen LogP contribution in [0.2, 0.25) is 0 Å². The molecule has 2 amide bonds. The van der Waals surface area contributed by atoms with Crippen LogP contribution in [-0.4, -0.2) is 41.6 Å². The molecule has 21 heavy (non-hydrogen) atoms. The van der Waals surface area contributed by atoms with Gasteiger partial charge >= 0.3 is 12.0 Å². The summed E-state index contributed by atoms with van der Waals surface area (Å²) < 4.78 is 0. The van der Waals surface area contributed by atoms with E-state index in [1.165, 1.54) is 6.42 Å². The van der Waals surface area contributed by atoms with Gasteiger partial charge in [0.25, 0.3) is 0 Å². The number of hydrogen-bond donors (Lipinski definition) is 2. The van der Waals surface area contributed by atoms with Crippen LogP contribution >= 0.6 is 0 Å². The molecular weight excluding hydrogens is 268 g/mol. The lowest BCUT2D eigenvalue weighted by molar-refractivity contribution is -0.137. The normalized spacial score (nSPS) is 17.5. The predicted molar refractivity (Wildman–Crippen MR) is 83.3 cm³/mol. The summed E-state index contributed by atoms with van der Waals surface area (Å²) in [5.74, 6) is 0.415. The first-order valence-electron chi connectivity index (χ1n) is 8.31. The van der Waals surface area contributed by atoms with Crippen LogP contribution in [0.4, 0.5) is 4.79 Å². The molecule has 1 saturated heterocycles. The van der Waals surface area contributed by atoms with Crippen molar-refractivity contribution in [3.63, 3.8) is 0 Å². The molecule has 0 aliphatic carbocycles. The van der Waals surface area contributed by atoms with E-state index in [0.29, 0.717) is 18.9 Å². The molecule has 1 aliphatic rings. The Labute approximate surface area is 128 Å². The minimum Gasteiger partial charge on any atom is -0.481 e. The molecule has 1 aliphatic heterocycles. The van der Waals surface area contributed by atoms with E-state index in [1.807, 2.05) is 4.90 Å². The molecule has 5 heteroatoms. The summed E-state index contributed by atoms with van der Waals surface area (Å²) in [5.41, 5.74) is 0. The number of rotatable bonds is 8. The van der Waals surface area contributed by atoms with Gasteiger partial charge < -0.3 is 15.3 Å². The third kappa shape index (κ3) is 6.82. The molecular formula is C16H30N2O3. The second-order valence-corrected chi connectivity index (χ2v) is 6.07. The molecule has 0 saturated carbocycles. The molecule has 1 unspecified atom stereocenters. The molecule has 5 nitrogen and oxygen atoms in total. The highest BCUT2D eigenvalue weighted by Gasteiger charge is 2.21. The monoisotopic (exact) mass is 298 g/mol. The average Bonchev–Trinajstić information content (AvgIpc) is 2.50. The SMILES string of the molecule is CCC(CCNC(=O)N1CCC(CC)CC1)CCC(=O)O. The number of carboxylic acid groups (broad SMARTS) is 1. The Bertz CT molecular complexity index is 325. The number of likely N-dealkylation sites (tertiary alicyclic amines) is 1. The van der Waals surface area contributed by atoms with Crippen LogP contribution in [0.5, 0.6) is 0 Å². The van der Waals surface area contributed by atoms with Gasteiger partial charge in [-0.1, -0.05) is 26.7 Å². The van der Waals surface area contributed by atoms with Gasteiger partial charge in [0.2, 0.25) is 0 Å². The van der Waals surface area contributed by atoms with E-state index in [0.717, 1.165) is 44.7 Å². The van der Waals surface area contributed by atoms with Gasteiger partial charge in [-0.05, 0) is 37.5 Å². The van der Waals surface area contributed by atoms with E-state index in [-0.39, 0.29) is 12.5 Å². The molecule has 1 fully saturated rings. The highest BCUT2D eigenvalue weighted by molar-refractivity contribution is 5.74. The van der Waals surface area contributed by atoms with Gasteiger partial charge in [-0.3, -0.25) is 4.79 Å². The predicted octanol–water partition coefficient (Wildman–Crippen LogP) is 3.10. The van der Waals surface area contributed by atoms with Gasteiger partial charge in [-0.2, -0.15) is 0 Å². The summed E-state index contributed by atoms with van der Waals surface area (Å²) in [6, 6.07) is 0.0395. The van der Waals surface area contributed by atoms with Crippen molar-refractivity contribution < 1.29 is 14.7 Å². The van der Waals surface area contributed by atoms with Gasteiger partial charge in [0.15, 0.2) is 0 Å². The zero-order valence-electron chi connectivity index (χ0n) is 13.4. The number of nitrogens with zero attached hydrogens (tertiary/aromatic N) is 1. The molecule has 1 heterocycles. The smallest absolute Gasteiger partial charge is 0.317 e. The van der Waals surface area contributed by atoms with Crippen molar-refractivity contribution in [2.75, 3.05) is 19.6 Å². The highest BCUT2D eigenvalue weighted by atomic mass is 16.4. The Morgan fingerprint density at radius 2 is 1.90 bits per heavy atom. The molecule has 0 spiro atoms. The van der Waals surface area contributed by atoms with Gasteiger partial charge in [0, 0.05) is 26.1 Å². The number of piperidine rings is 1. The number of carbonyl (C=O) groups excluding carboxylic acids is 1. The van der Waals surface area contributed by atoms with E-state index in [2.05, 4.69) is 19.2 Å². The second-order valence-electron chi connectivity index (χ2n) is 6.07. The van der Waals surface area contributed by atoms with Crippen LogP contribution in [0.3, 0.4) is 0 Å². The van der Waals surface area contributed by atoms with Crippen molar-refractivity contribution in [2.45, 2.75) is 58.8 Å². The fourth-order valence-corrected chi connectivity index (χ4v) is 2.92. The quantitative estimate of drug-likeness (QED) is 0.723. The van der Waals surface area contributed by atoms with Crippen molar-refractivity contribution in [1.29, 1.82) is 0 Å². The van der Waals surface area contributed by atoms with Crippen molar-refractivity contribution in [2.24, 2.45) is 11.8 Å². The number of hydrogen-bond acceptors (Lipinski definition) is 2. The molecule has 1 rings (SSSR count). The standard InChI is InChI=1S/C16H30N2O3/c1-3-13(5-6-15(19)20)7-10-17-16(21)18-11-8-14(4-2)9-12-18/h13-14H,3-12H2,1-2H3,(H,17,21)(H,19,20). The molecule has 122 valence electrons. The van der Waals surface area contributed by atoms with Crippen molar-refractivity contribution in [1.82, 2.24) is 10.2 Å². The van der Waals surface area contributed by atoms with Crippen molar-refractivity contribution in [3.8, 4) is 0 Å². The van der Waals surface area contributed by atoms with Crippen LogP contribution < -0.4 is 5.32 Å². The lowest BCUT2D eigenvalue weighted by Gasteiger charge is -2.31. The first-order valence-corrected chi connectivity index (χ1v) is 8.31. The van der Waals surface area contributed by atoms with Crippen LogP contribution in [-0.2, 0) is 4.79 Å². The first kappa shape index (κ1) is 17.8. The van der Waals surface area contributed by atoms with E-state index >= 15 is 0 Å². The van der Waals surface area contributed by atoms with E-state index in [9.17, 15) is 9.59 Å². The fraction of sp³-hybridized carbons (Fsp3) is 0.875. The zero-order chi connectivity index (χ0) is 15.7. The summed E-state index contributed by atoms with van der Waals surface area (Å²) in [5, 5.41) is 11.7. The van der Waals surface area contributed by atoms with Crippen LogP contribution in [0.1, 0.15) is 58.8 Å². The topological polar surface area (TPSA) is 69.6 Å². The largest absolute Gasteiger partial charge is 0.481 e. The second kappa shape index (κ2) is 9.64. The first-order chi connectivity index (χ1) is 10.1. The van der Waals surface area contributed by atoms with Crippen LogP contribution in [0, 0.1) is 11.8 Å². The summed E-state index contributed by atoms with van der Waals surface area (Å²) in [6.07, 6.45) is 6.17. The maximum absolute atomic E-state index is 12.0. The molecule has 2 N–H and O–H groups in total. The van der Waals surface area contributed by atoms with Gasteiger partial charge in [0.05, 0.1) is 0 Å². The maximum Gasteiger partial charge on any atom is 0.317 e. The molecule has 0 aromatic heterocycles. The minimum atomic E-state index is -0.740. The fourth-order valence-electron chi connectivity index (χ4n) is 2.92. The van der Waals surface area contributed by atoms with Gasteiger partial charge in [-0.25, -0.2) is 4.79 Å². The molecule has 0 bridgehead atoms. The molecule has 1 atom stereocenters. The Morgan fingerprint density at radius 1 is 1.24 bits per heavy atom. The lowest BCUT2D eigenvalue weighted by atomic mass is 9.94. The Morgan fingerprint density at radius 3 is 2.43 bits per heavy atom. The minimum absolute atomic E-state index is 0.0395. The maximum atomic E-state index is 12.0. The van der Waals surface area contributed by atoms with Crippen molar-refractivity contribution in [3.05, 3.63) is 0 Å². The van der Waals surface area contributed by atoms with E-state index in [4.69, 9.17) is 5.11 Å². The molecule has 0 aromatic rings. The number of amides is 2. The molecule has 0 aromatic carbocycles. The molecule has 0 radical (unpaired) electrons. The lowest BCUT2D eigenvalue weighted by Crippen LogP contribution is -2.44. The van der Waals surface area contributed by atoms with Crippen molar-refractivity contribution >= 4 is 12.0 Å².